The number of aromatic nitrogens is 4. The predicted molar refractivity (Wildman–Crippen MR) is 208 cm³/mol. The Morgan fingerprint density at radius 3 is 1.74 bits per heavy atom. The second kappa shape index (κ2) is 11.6. The number of fused-ring (bicyclic) bond motifs is 6. The van der Waals surface area contributed by atoms with Crippen LogP contribution in [0.15, 0.2) is 170 Å². The maximum Gasteiger partial charge on any atom is 0.0929 e. The molecule has 3 aromatic heterocycles. The molecule has 0 unspecified atom stereocenters. The van der Waals surface area contributed by atoms with Crippen LogP contribution in [0.3, 0.4) is 0 Å². The molecule has 0 saturated heterocycles. The number of nitrogens with zero attached hydrogens (tertiary/aromatic N) is 4. The van der Waals surface area contributed by atoms with Gasteiger partial charge in [-0.1, -0.05) is 115 Å². The van der Waals surface area contributed by atoms with Gasteiger partial charge in [0.1, 0.15) is 0 Å². The maximum atomic E-state index is 5.12. The first-order valence-electron chi connectivity index (χ1n) is 17.4. The maximum absolute atomic E-state index is 5.12. The van der Waals surface area contributed by atoms with Crippen LogP contribution in [0.4, 0.5) is 0 Å². The third kappa shape index (κ3) is 4.64. The topological polar surface area (TPSA) is 27.7 Å². The first-order valence-corrected chi connectivity index (χ1v) is 17.4. The van der Waals surface area contributed by atoms with Crippen LogP contribution >= 0.6 is 0 Å². The van der Waals surface area contributed by atoms with Gasteiger partial charge in [-0.25, -0.2) is 0 Å². The number of rotatable bonds is 6. The van der Waals surface area contributed by atoms with E-state index in [0.29, 0.717) is 6.54 Å². The summed E-state index contributed by atoms with van der Waals surface area (Å²) in [4.78, 5) is 0. The fourth-order valence-electron chi connectivity index (χ4n) is 7.81. The minimum atomic E-state index is 0.693. The molecule has 10 rings (SSSR count). The average Bonchev–Trinajstić information content (AvgIpc) is 3.85. The lowest BCUT2D eigenvalue weighted by atomic mass is 10.0. The second-order valence-corrected chi connectivity index (χ2v) is 13.2. The number of hydrogen-bond acceptors (Lipinski definition) is 1. The van der Waals surface area contributed by atoms with Gasteiger partial charge in [0, 0.05) is 38.5 Å². The number of hydrogen-bond donors (Lipinski definition) is 0. The third-order valence-electron chi connectivity index (χ3n) is 10.1. The van der Waals surface area contributed by atoms with Crippen molar-refractivity contribution in [3.63, 3.8) is 0 Å². The Hall–Kier alpha value is -6.39. The summed E-state index contributed by atoms with van der Waals surface area (Å²) in [6.45, 7) is 0.693. The van der Waals surface area contributed by atoms with Gasteiger partial charge in [-0.15, -0.1) is 0 Å². The van der Waals surface area contributed by atoms with Crippen LogP contribution in [0.25, 0.3) is 71.8 Å². The molecule has 50 heavy (non-hydrogen) atoms. The van der Waals surface area contributed by atoms with E-state index < -0.39 is 0 Å². The van der Waals surface area contributed by atoms with Gasteiger partial charge in [0.15, 0.2) is 0 Å². The van der Waals surface area contributed by atoms with E-state index in [1.807, 2.05) is 0 Å². The van der Waals surface area contributed by atoms with Crippen molar-refractivity contribution in [2.45, 2.75) is 19.4 Å². The lowest BCUT2D eigenvalue weighted by Gasteiger charge is -2.13. The van der Waals surface area contributed by atoms with Gasteiger partial charge in [-0.3, -0.25) is 4.68 Å². The molecule has 0 bridgehead atoms. The van der Waals surface area contributed by atoms with Crippen molar-refractivity contribution >= 4 is 49.2 Å². The highest BCUT2D eigenvalue weighted by Gasteiger charge is 2.19. The summed E-state index contributed by atoms with van der Waals surface area (Å²) >= 11 is 0. The third-order valence-corrected chi connectivity index (χ3v) is 10.1. The molecule has 6 aromatic carbocycles. The van der Waals surface area contributed by atoms with Crippen molar-refractivity contribution in [1.82, 2.24) is 18.9 Å². The van der Waals surface area contributed by atoms with Gasteiger partial charge in [-0.2, -0.15) is 5.10 Å². The molecule has 0 radical (unpaired) electrons. The minimum absolute atomic E-state index is 0.693. The molecular formula is C46H34N4. The van der Waals surface area contributed by atoms with Gasteiger partial charge in [-0.05, 0) is 78.6 Å². The van der Waals surface area contributed by atoms with E-state index >= 15 is 0 Å². The highest BCUT2D eigenvalue weighted by molar-refractivity contribution is 6.19. The van der Waals surface area contributed by atoms with E-state index in [1.165, 1.54) is 54.7 Å². The summed E-state index contributed by atoms with van der Waals surface area (Å²) in [6, 6.07) is 54.8. The molecule has 0 saturated carbocycles. The first-order chi connectivity index (χ1) is 24.8. The van der Waals surface area contributed by atoms with Crippen LogP contribution < -0.4 is 0 Å². The molecule has 0 amide bonds. The Bertz CT molecular complexity index is 2760. The smallest absolute Gasteiger partial charge is 0.0929 e. The van der Waals surface area contributed by atoms with Crippen molar-refractivity contribution in [3.8, 4) is 22.6 Å². The van der Waals surface area contributed by atoms with E-state index in [-0.39, 0.29) is 0 Å². The van der Waals surface area contributed by atoms with Crippen LogP contribution in [0.5, 0.6) is 0 Å². The highest BCUT2D eigenvalue weighted by atomic mass is 15.3. The van der Waals surface area contributed by atoms with E-state index in [1.54, 1.807) is 0 Å². The molecule has 1 aliphatic carbocycles. The van der Waals surface area contributed by atoms with Gasteiger partial charge >= 0.3 is 0 Å². The average molecular weight is 643 g/mol. The lowest BCUT2D eigenvalue weighted by molar-refractivity contribution is 0.680. The minimum Gasteiger partial charge on any atom is -0.309 e. The monoisotopic (exact) mass is 642 g/mol. The summed E-state index contributed by atoms with van der Waals surface area (Å²) in [5.41, 5.74) is 12.9. The summed E-state index contributed by atoms with van der Waals surface area (Å²) in [5.74, 6) is 0. The largest absolute Gasteiger partial charge is 0.309 e. The van der Waals surface area contributed by atoms with Crippen LogP contribution in [0.1, 0.15) is 24.1 Å². The molecule has 0 atom stereocenters. The molecule has 238 valence electrons. The summed E-state index contributed by atoms with van der Waals surface area (Å²) in [6.07, 6.45) is 8.99. The van der Waals surface area contributed by atoms with Crippen molar-refractivity contribution in [2.24, 2.45) is 0 Å². The first kappa shape index (κ1) is 28.6. The van der Waals surface area contributed by atoms with Crippen LogP contribution in [-0.4, -0.2) is 18.9 Å². The number of benzene rings is 6. The predicted octanol–water partition coefficient (Wildman–Crippen LogP) is 11.5. The van der Waals surface area contributed by atoms with Gasteiger partial charge < -0.3 is 9.13 Å². The van der Waals surface area contributed by atoms with Crippen LogP contribution in [0.2, 0.25) is 0 Å². The van der Waals surface area contributed by atoms with Crippen molar-refractivity contribution in [3.05, 3.63) is 181 Å². The zero-order chi connectivity index (χ0) is 33.0. The molecule has 0 spiro atoms. The molecule has 4 nitrogen and oxygen atoms in total. The fourth-order valence-corrected chi connectivity index (χ4v) is 7.81. The van der Waals surface area contributed by atoms with Gasteiger partial charge in [0.05, 0.1) is 40.0 Å². The van der Waals surface area contributed by atoms with Crippen LogP contribution in [0, 0.1) is 0 Å². The zero-order valence-electron chi connectivity index (χ0n) is 27.6. The van der Waals surface area contributed by atoms with Crippen LogP contribution in [-0.2, 0) is 6.54 Å². The Labute approximate surface area is 290 Å². The van der Waals surface area contributed by atoms with Crippen molar-refractivity contribution < 1.29 is 0 Å². The summed E-state index contributed by atoms with van der Waals surface area (Å²) < 4.78 is 6.99. The molecule has 0 aliphatic heterocycles. The second-order valence-electron chi connectivity index (χ2n) is 13.2. The Morgan fingerprint density at radius 2 is 1.10 bits per heavy atom. The summed E-state index contributed by atoms with van der Waals surface area (Å²) in [7, 11) is 0. The SMILES string of the molecule is C1=CC(c2cc(-c3ccccc3)nn2Cc2ccc(-n3c4ccccc4c4cc5c6ccccc6n(-c6ccccc6)c5cc43)cc2)=CCC1. The number of para-hydroxylation sites is 3. The quantitative estimate of drug-likeness (QED) is 0.177. The Kier molecular flexibility index (Phi) is 6.66. The number of allylic oxidation sites excluding steroid dienone is 4. The molecule has 9 aromatic rings. The molecule has 0 fully saturated rings. The molecule has 3 heterocycles. The van der Waals surface area contributed by atoms with Gasteiger partial charge in [0.2, 0.25) is 0 Å². The Balaban J connectivity index is 1.10. The molecule has 1 aliphatic rings. The van der Waals surface area contributed by atoms with E-state index in [4.69, 9.17) is 5.10 Å². The molecular weight excluding hydrogens is 609 g/mol. The van der Waals surface area contributed by atoms with Crippen molar-refractivity contribution in [2.75, 3.05) is 0 Å². The standard InChI is InChI=1S/C46H34N4/c1-4-14-33(15-5-1)41-29-44(34-16-6-2-7-17-34)48(47-41)31-32-24-26-36(27-25-32)50-43-23-13-11-21-38(43)40-28-39-37-20-10-12-22-42(37)49(45(39)30-46(40)50)35-18-8-3-9-19-35/h1,3-6,8-30H,2,7,31H2. The lowest BCUT2D eigenvalue weighted by Crippen LogP contribution is -2.06. The van der Waals surface area contributed by atoms with Crippen molar-refractivity contribution in [1.29, 1.82) is 0 Å². The molecule has 4 heteroatoms. The highest BCUT2D eigenvalue weighted by Crippen LogP contribution is 2.39. The Morgan fingerprint density at radius 1 is 0.500 bits per heavy atom. The molecule has 0 N–H and O–H groups in total. The van der Waals surface area contributed by atoms with E-state index in [0.717, 1.165) is 41.2 Å². The van der Waals surface area contributed by atoms with E-state index in [2.05, 4.69) is 184 Å². The normalized spacial score (nSPS) is 13.2. The summed E-state index contributed by atoms with van der Waals surface area (Å²) in [5, 5.41) is 10.2. The van der Waals surface area contributed by atoms with Gasteiger partial charge in [0.25, 0.3) is 0 Å². The zero-order valence-corrected chi connectivity index (χ0v) is 27.6. The van der Waals surface area contributed by atoms with E-state index in [9.17, 15) is 0 Å². The fraction of sp³-hybridized carbons (Fsp3) is 0.0652.